The smallest absolute Gasteiger partial charge is 0.339 e. The van der Waals surface area contributed by atoms with Crippen molar-refractivity contribution in [3.05, 3.63) is 123 Å². The van der Waals surface area contributed by atoms with E-state index in [2.05, 4.69) is 5.32 Å². The number of rotatable bonds is 9. The van der Waals surface area contributed by atoms with Crippen LogP contribution in [0.3, 0.4) is 0 Å². The standard InChI is InChI=1S/C30H26Cl2N2O5S/c1-3-39-30(36)26-18-24(15-16-27(26)32)33-29(35)22-12-10-21(11-13-22)19-34(28-17-23(31)14-9-20(28)2)40(37,38)25-7-5-4-6-8-25/h4-18H,3,19H2,1-2H3,(H,33,35). The molecule has 1 N–H and O–H groups in total. The number of aryl methyl sites for hydroxylation is 1. The van der Waals surface area contributed by atoms with Crippen LogP contribution in [-0.4, -0.2) is 26.9 Å². The van der Waals surface area contributed by atoms with Gasteiger partial charge in [-0.25, -0.2) is 13.2 Å². The third kappa shape index (κ3) is 6.65. The Bertz CT molecular complexity index is 1640. The minimum atomic E-state index is -3.93. The van der Waals surface area contributed by atoms with Crippen molar-refractivity contribution in [2.45, 2.75) is 25.3 Å². The predicted octanol–water partition coefficient (Wildman–Crippen LogP) is 7.13. The Balaban J connectivity index is 1.59. The number of nitrogens with one attached hydrogen (secondary N) is 1. The monoisotopic (exact) mass is 596 g/mol. The van der Waals surface area contributed by atoms with Gasteiger partial charge in [-0.2, -0.15) is 0 Å². The third-order valence-corrected chi connectivity index (χ3v) is 8.37. The van der Waals surface area contributed by atoms with E-state index in [0.29, 0.717) is 27.5 Å². The van der Waals surface area contributed by atoms with Crippen LogP contribution in [-0.2, 0) is 21.3 Å². The van der Waals surface area contributed by atoms with Gasteiger partial charge in [0.2, 0.25) is 0 Å². The molecule has 206 valence electrons. The number of carbonyl (C=O) groups excluding carboxylic acids is 2. The van der Waals surface area contributed by atoms with E-state index in [9.17, 15) is 18.0 Å². The number of hydrogen-bond donors (Lipinski definition) is 1. The molecule has 4 aromatic carbocycles. The maximum Gasteiger partial charge on any atom is 0.339 e. The average molecular weight is 598 g/mol. The predicted molar refractivity (Wildman–Crippen MR) is 158 cm³/mol. The molecule has 0 unspecified atom stereocenters. The first-order valence-corrected chi connectivity index (χ1v) is 14.5. The van der Waals surface area contributed by atoms with Gasteiger partial charge in [-0.3, -0.25) is 9.10 Å². The highest BCUT2D eigenvalue weighted by Gasteiger charge is 2.26. The average Bonchev–Trinajstić information content (AvgIpc) is 2.95. The largest absolute Gasteiger partial charge is 0.462 e. The number of amides is 1. The van der Waals surface area contributed by atoms with E-state index in [-0.39, 0.29) is 28.6 Å². The van der Waals surface area contributed by atoms with Crippen molar-refractivity contribution in [1.29, 1.82) is 0 Å². The molecule has 0 bridgehead atoms. The van der Waals surface area contributed by atoms with Crippen molar-refractivity contribution in [3.63, 3.8) is 0 Å². The van der Waals surface area contributed by atoms with Crippen molar-refractivity contribution < 1.29 is 22.7 Å². The number of ether oxygens (including phenoxy) is 1. The number of nitrogens with zero attached hydrogens (tertiary/aromatic N) is 1. The van der Waals surface area contributed by atoms with Crippen LogP contribution in [0.5, 0.6) is 0 Å². The number of esters is 1. The Morgan fingerprint density at radius 1 is 0.900 bits per heavy atom. The Labute approximate surface area is 243 Å². The number of benzene rings is 4. The highest BCUT2D eigenvalue weighted by atomic mass is 35.5. The van der Waals surface area contributed by atoms with E-state index in [0.717, 1.165) is 5.56 Å². The Morgan fingerprint density at radius 2 is 1.60 bits per heavy atom. The van der Waals surface area contributed by atoms with Gasteiger partial charge in [-0.15, -0.1) is 0 Å². The summed E-state index contributed by atoms with van der Waals surface area (Å²) < 4.78 is 33.7. The Hall–Kier alpha value is -3.85. The van der Waals surface area contributed by atoms with Crippen LogP contribution in [0.25, 0.3) is 0 Å². The van der Waals surface area contributed by atoms with Crippen molar-refractivity contribution in [2.75, 3.05) is 16.2 Å². The summed E-state index contributed by atoms with van der Waals surface area (Å²) in [7, 11) is -3.93. The summed E-state index contributed by atoms with van der Waals surface area (Å²) in [6.07, 6.45) is 0. The molecule has 0 heterocycles. The molecule has 0 aliphatic rings. The van der Waals surface area contributed by atoms with Gasteiger partial charge in [0.15, 0.2) is 0 Å². The van der Waals surface area contributed by atoms with E-state index in [1.165, 1.54) is 16.4 Å². The minimum Gasteiger partial charge on any atom is -0.462 e. The summed E-state index contributed by atoms with van der Waals surface area (Å²) in [4.78, 5) is 25.2. The van der Waals surface area contributed by atoms with Gasteiger partial charge in [-0.05, 0) is 79.6 Å². The zero-order valence-electron chi connectivity index (χ0n) is 21.7. The molecule has 0 saturated carbocycles. The molecule has 4 aromatic rings. The molecule has 4 rings (SSSR count). The van der Waals surface area contributed by atoms with E-state index in [4.69, 9.17) is 27.9 Å². The maximum atomic E-state index is 13.7. The molecule has 0 radical (unpaired) electrons. The molecule has 0 atom stereocenters. The van der Waals surface area contributed by atoms with E-state index >= 15 is 0 Å². The lowest BCUT2D eigenvalue weighted by Crippen LogP contribution is -2.31. The molecule has 0 aliphatic heterocycles. The molecule has 0 aromatic heterocycles. The molecule has 0 aliphatic carbocycles. The van der Waals surface area contributed by atoms with Gasteiger partial charge in [0.1, 0.15) is 0 Å². The highest BCUT2D eigenvalue weighted by Crippen LogP contribution is 2.31. The first-order valence-electron chi connectivity index (χ1n) is 12.3. The van der Waals surface area contributed by atoms with E-state index in [1.54, 1.807) is 85.8 Å². The minimum absolute atomic E-state index is 0.0143. The van der Waals surface area contributed by atoms with Crippen LogP contribution in [0.15, 0.2) is 95.9 Å². The molecule has 1 amide bonds. The molecule has 40 heavy (non-hydrogen) atoms. The first kappa shape index (κ1) is 29.1. The lowest BCUT2D eigenvalue weighted by atomic mass is 10.1. The van der Waals surface area contributed by atoms with Crippen LogP contribution < -0.4 is 9.62 Å². The van der Waals surface area contributed by atoms with Gasteiger partial charge < -0.3 is 10.1 Å². The molecular formula is C30H26Cl2N2O5S. The van der Waals surface area contributed by atoms with Crippen LogP contribution in [0.4, 0.5) is 11.4 Å². The molecule has 7 nitrogen and oxygen atoms in total. The van der Waals surface area contributed by atoms with Gasteiger partial charge in [0.05, 0.1) is 34.3 Å². The molecule has 0 fully saturated rings. The summed E-state index contributed by atoms with van der Waals surface area (Å²) in [6, 6.07) is 24.4. The second kappa shape index (κ2) is 12.6. The van der Waals surface area contributed by atoms with Gasteiger partial charge in [-0.1, -0.05) is 59.6 Å². The zero-order valence-corrected chi connectivity index (χ0v) is 24.1. The molecular weight excluding hydrogens is 571 g/mol. The Kier molecular flexibility index (Phi) is 9.14. The van der Waals surface area contributed by atoms with Crippen LogP contribution in [0.1, 0.15) is 38.8 Å². The quantitative estimate of drug-likeness (QED) is 0.207. The van der Waals surface area contributed by atoms with Crippen molar-refractivity contribution in [1.82, 2.24) is 0 Å². The SMILES string of the molecule is CCOC(=O)c1cc(NC(=O)c2ccc(CN(c3cc(Cl)ccc3C)S(=O)(=O)c3ccccc3)cc2)ccc1Cl. The lowest BCUT2D eigenvalue weighted by molar-refractivity contribution is 0.0526. The van der Waals surface area contributed by atoms with Gasteiger partial charge >= 0.3 is 5.97 Å². The Morgan fingerprint density at radius 3 is 2.27 bits per heavy atom. The zero-order chi connectivity index (χ0) is 28.9. The topological polar surface area (TPSA) is 92.8 Å². The van der Waals surface area contributed by atoms with Gasteiger partial charge in [0.25, 0.3) is 15.9 Å². The van der Waals surface area contributed by atoms with Gasteiger partial charge in [0, 0.05) is 16.3 Å². The summed E-state index contributed by atoms with van der Waals surface area (Å²) in [5.74, 6) is -0.999. The first-order chi connectivity index (χ1) is 19.1. The number of halogens is 2. The molecule has 0 saturated heterocycles. The lowest BCUT2D eigenvalue weighted by Gasteiger charge is -2.26. The summed E-state index contributed by atoms with van der Waals surface area (Å²) in [5, 5.41) is 3.37. The van der Waals surface area contributed by atoms with Crippen molar-refractivity contribution in [3.8, 4) is 0 Å². The van der Waals surface area contributed by atoms with Crippen LogP contribution in [0, 0.1) is 6.92 Å². The number of hydrogen-bond acceptors (Lipinski definition) is 5. The highest BCUT2D eigenvalue weighted by molar-refractivity contribution is 7.92. The summed E-state index contributed by atoms with van der Waals surface area (Å²) in [5.41, 5.74) is 2.72. The van der Waals surface area contributed by atoms with Crippen molar-refractivity contribution >= 4 is 56.5 Å². The fourth-order valence-corrected chi connectivity index (χ4v) is 5.86. The third-order valence-electron chi connectivity index (χ3n) is 6.03. The fourth-order valence-electron chi connectivity index (χ4n) is 3.97. The van der Waals surface area contributed by atoms with Crippen molar-refractivity contribution in [2.24, 2.45) is 0 Å². The summed E-state index contributed by atoms with van der Waals surface area (Å²) in [6.45, 7) is 3.71. The van der Waals surface area contributed by atoms with Crippen LogP contribution >= 0.6 is 23.2 Å². The summed E-state index contributed by atoms with van der Waals surface area (Å²) >= 11 is 12.3. The normalized spacial score (nSPS) is 11.1. The second-order valence-corrected chi connectivity index (χ2v) is 11.5. The van der Waals surface area contributed by atoms with E-state index in [1.807, 2.05) is 6.92 Å². The second-order valence-electron chi connectivity index (χ2n) is 8.82. The van der Waals surface area contributed by atoms with Crippen LogP contribution in [0.2, 0.25) is 10.0 Å². The maximum absolute atomic E-state index is 13.7. The number of anilines is 2. The fraction of sp³-hybridized carbons (Fsp3) is 0.133. The molecule has 0 spiro atoms. The number of sulfonamides is 1. The molecule has 10 heteroatoms. The number of carbonyl (C=O) groups is 2. The van der Waals surface area contributed by atoms with E-state index < -0.39 is 21.9 Å².